The fourth-order valence-corrected chi connectivity index (χ4v) is 2.64. The van der Waals surface area contributed by atoms with E-state index in [1.54, 1.807) is 18.2 Å². The van der Waals surface area contributed by atoms with Gasteiger partial charge in [-0.25, -0.2) is 4.79 Å². The number of rotatable bonds is 5. The second kappa shape index (κ2) is 7.29. The number of carbonyl (C=O) groups is 1. The Bertz CT molecular complexity index is 671. The lowest BCUT2D eigenvalue weighted by Crippen LogP contribution is -2.48. The van der Waals surface area contributed by atoms with E-state index in [1.165, 1.54) is 0 Å². The summed E-state index contributed by atoms with van der Waals surface area (Å²) >= 11 is 0. The summed E-state index contributed by atoms with van der Waals surface area (Å²) in [5.74, 6) is 2.31. The SMILES string of the molecule is CC(Cc1ccco1)NC(=O)N(C)CC1COc2ccccc2O1. The molecule has 0 radical (unpaired) electrons. The van der Waals surface area contributed by atoms with Crippen LogP contribution in [0, 0.1) is 0 Å². The van der Waals surface area contributed by atoms with Gasteiger partial charge < -0.3 is 24.1 Å². The van der Waals surface area contributed by atoms with Crippen LogP contribution in [0.25, 0.3) is 0 Å². The van der Waals surface area contributed by atoms with E-state index in [-0.39, 0.29) is 18.2 Å². The number of hydrogen-bond donors (Lipinski definition) is 1. The van der Waals surface area contributed by atoms with Crippen molar-refractivity contribution in [3.63, 3.8) is 0 Å². The van der Waals surface area contributed by atoms with Gasteiger partial charge in [-0.3, -0.25) is 0 Å². The Labute approximate surface area is 141 Å². The molecule has 2 unspecified atom stereocenters. The minimum Gasteiger partial charge on any atom is -0.486 e. The second-order valence-corrected chi connectivity index (χ2v) is 6.01. The predicted molar refractivity (Wildman–Crippen MR) is 89.4 cm³/mol. The highest BCUT2D eigenvalue weighted by Gasteiger charge is 2.24. The lowest BCUT2D eigenvalue weighted by Gasteiger charge is -2.30. The Balaban J connectivity index is 1.48. The molecular weight excluding hydrogens is 308 g/mol. The van der Waals surface area contributed by atoms with Crippen LogP contribution in [0.1, 0.15) is 12.7 Å². The van der Waals surface area contributed by atoms with E-state index in [2.05, 4.69) is 5.32 Å². The van der Waals surface area contributed by atoms with Crippen LogP contribution >= 0.6 is 0 Å². The number of nitrogens with zero attached hydrogens (tertiary/aromatic N) is 1. The number of hydrogen-bond acceptors (Lipinski definition) is 4. The molecule has 2 amide bonds. The van der Waals surface area contributed by atoms with E-state index in [9.17, 15) is 4.79 Å². The molecule has 24 heavy (non-hydrogen) atoms. The quantitative estimate of drug-likeness (QED) is 0.915. The van der Waals surface area contributed by atoms with Crippen molar-refractivity contribution >= 4 is 6.03 Å². The minimum atomic E-state index is -0.184. The van der Waals surface area contributed by atoms with E-state index in [0.717, 1.165) is 11.5 Å². The number of fused-ring (bicyclic) bond motifs is 1. The highest BCUT2D eigenvalue weighted by molar-refractivity contribution is 5.74. The third-order valence-corrected chi connectivity index (χ3v) is 3.85. The first-order chi connectivity index (χ1) is 11.6. The van der Waals surface area contributed by atoms with E-state index in [4.69, 9.17) is 13.9 Å². The van der Waals surface area contributed by atoms with Crippen molar-refractivity contribution in [2.24, 2.45) is 0 Å². The third kappa shape index (κ3) is 4.01. The van der Waals surface area contributed by atoms with Crippen LogP contribution in [-0.2, 0) is 6.42 Å². The topological polar surface area (TPSA) is 63.9 Å². The lowest BCUT2D eigenvalue weighted by atomic mass is 10.2. The van der Waals surface area contributed by atoms with Gasteiger partial charge in [-0.2, -0.15) is 0 Å². The van der Waals surface area contributed by atoms with Gasteiger partial charge in [0.05, 0.1) is 12.8 Å². The first-order valence-electron chi connectivity index (χ1n) is 8.04. The fraction of sp³-hybridized carbons (Fsp3) is 0.389. The predicted octanol–water partition coefficient (Wildman–Crippen LogP) is 2.69. The summed E-state index contributed by atoms with van der Waals surface area (Å²) in [5.41, 5.74) is 0. The summed E-state index contributed by atoms with van der Waals surface area (Å²) < 4.78 is 16.9. The van der Waals surface area contributed by atoms with Crippen LogP contribution in [0.5, 0.6) is 11.5 Å². The monoisotopic (exact) mass is 330 g/mol. The molecule has 2 heterocycles. The Morgan fingerprint density at radius 1 is 1.29 bits per heavy atom. The molecule has 1 aliphatic rings. The number of para-hydroxylation sites is 2. The maximum absolute atomic E-state index is 12.3. The Kier molecular flexibility index (Phi) is 4.93. The molecule has 1 aliphatic heterocycles. The number of urea groups is 1. The molecule has 0 aliphatic carbocycles. The molecule has 128 valence electrons. The standard InChI is InChI=1S/C18H22N2O4/c1-13(10-14-6-5-9-22-14)19-18(21)20(2)11-15-12-23-16-7-3-4-8-17(16)24-15/h3-9,13,15H,10-12H2,1-2H3,(H,19,21). The smallest absolute Gasteiger partial charge is 0.317 e. The summed E-state index contributed by atoms with van der Waals surface area (Å²) in [6, 6.07) is 11.1. The molecule has 1 aromatic carbocycles. The zero-order valence-corrected chi connectivity index (χ0v) is 13.9. The fourth-order valence-electron chi connectivity index (χ4n) is 2.64. The van der Waals surface area contributed by atoms with Crippen LogP contribution in [0.3, 0.4) is 0 Å². The zero-order chi connectivity index (χ0) is 16.9. The van der Waals surface area contributed by atoms with Gasteiger partial charge >= 0.3 is 6.03 Å². The van der Waals surface area contributed by atoms with Gasteiger partial charge in [0.25, 0.3) is 0 Å². The van der Waals surface area contributed by atoms with Gasteiger partial charge in [0.2, 0.25) is 0 Å². The molecular formula is C18H22N2O4. The number of benzene rings is 1. The Hall–Kier alpha value is -2.63. The van der Waals surface area contributed by atoms with Crippen molar-refractivity contribution in [2.75, 3.05) is 20.2 Å². The largest absolute Gasteiger partial charge is 0.486 e. The number of furan rings is 1. The Morgan fingerprint density at radius 2 is 2.08 bits per heavy atom. The van der Waals surface area contributed by atoms with Gasteiger partial charge in [0.15, 0.2) is 17.6 Å². The highest BCUT2D eigenvalue weighted by atomic mass is 16.6. The molecule has 2 atom stereocenters. The minimum absolute atomic E-state index is 0.0182. The van der Waals surface area contributed by atoms with Gasteiger partial charge in [0, 0.05) is 19.5 Å². The number of amides is 2. The lowest BCUT2D eigenvalue weighted by molar-refractivity contribution is 0.0713. The number of likely N-dealkylation sites (N-methyl/N-ethyl adjacent to an activating group) is 1. The van der Waals surface area contributed by atoms with E-state index in [1.807, 2.05) is 43.3 Å². The van der Waals surface area contributed by atoms with Gasteiger partial charge in [-0.15, -0.1) is 0 Å². The summed E-state index contributed by atoms with van der Waals surface area (Å²) in [6.07, 6.45) is 2.10. The van der Waals surface area contributed by atoms with Crippen LogP contribution in [0.2, 0.25) is 0 Å². The third-order valence-electron chi connectivity index (χ3n) is 3.85. The summed E-state index contributed by atoms with van der Waals surface area (Å²) in [4.78, 5) is 13.9. The van der Waals surface area contributed by atoms with Crippen LogP contribution in [0.15, 0.2) is 47.1 Å². The molecule has 0 fully saturated rings. The van der Waals surface area contributed by atoms with Gasteiger partial charge in [0.1, 0.15) is 12.4 Å². The Morgan fingerprint density at radius 3 is 2.83 bits per heavy atom. The van der Waals surface area contributed by atoms with E-state index < -0.39 is 0 Å². The second-order valence-electron chi connectivity index (χ2n) is 6.01. The molecule has 0 saturated heterocycles. The van der Waals surface area contributed by atoms with Crippen molar-refractivity contribution in [1.29, 1.82) is 0 Å². The number of nitrogens with one attached hydrogen (secondary N) is 1. The summed E-state index contributed by atoms with van der Waals surface area (Å²) in [5, 5.41) is 2.96. The highest BCUT2D eigenvalue weighted by Crippen LogP contribution is 2.30. The molecule has 0 spiro atoms. The maximum atomic E-state index is 12.3. The van der Waals surface area contributed by atoms with Crippen molar-refractivity contribution in [3.05, 3.63) is 48.4 Å². The first kappa shape index (κ1) is 16.2. The maximum Gasteiger partial charge on any atom is 0.317 e. The number of ether oxygens (including phenoxy) is 2. The summed E-state index contributed by atoms with van der Waals surface area (Å²) in [7, 11) is 1.75. The number of carbonyl (C=O) groups excluding carboxylic acids is 1. The molecule has 3 rings (SSSR count). The molecule has 2 aromatic rings. The van der Waals surface area contributed by atoms with E-state index in [0.29, 0.717) is 25.3 Å². The van der Waals surface area contributed by atoms with Crippen molar-refractivity contribution < 1.29 is 18.7 Å². The van der Waals surface area contributed by atoms with Crippen molar-refractivity contribution in [3.8, 4) is 11.5 Å². The molecule has 0 bridgehead atoms. The molecule has 1 N–H and O–H groups in total. The van der Waals surface area contributed by atoms with Crippen LogP contribution in [-0.4, -0.2) is 43.3 Å². The average Bonchev–Trinajstić information content (AvgIpc) is 3.07. The first-order valence-corrected chi connectivity index (χ1v) is 8.04. The zero-order valence-electron chi connectivity index (χ0n) is 13.9. The van der Waals surface area contributed by atoms with E-state index >= 15 is 0 Å². The van der Waals surface area contributed by atoms with Crippen molar-refractivity contribution in [1.82, 2.24) is 10.2 Å². The molecule has 1 aromatic heterocycles. The van der Waals surface area contributed by atoms with Crippen molar-refractivity contribution in [2.45, 2.75) is 25.5 Å². The van der Waals surface area contributed by atoms with Gasteiger partial charge in [-0.05, 0) is 31.2 Å². The normalized spacial score (nSPS) is 17.2. The van der Waals surface area contributed by atoms with Crippen LogP contribution < -0.4 is 14.8 Å². The average molecular weight is 330 g/mol. The van der Waals surface area contributed by atoms with Crippen LogP contribution in [0.4, 0.5) is 4.79 Å². The molecule has 6 nitrogen and oxygen atoms in total. The summed E-state index contributed by atoms with van der Waals surface area (Å²) in [6.45, 7) is 2.83. The van der Waals surface area contributed by atoms with Gasteiger partial charge in [-0.1, -0.05) is 12.1 Å². The molecule has 0 saturated carbocycles. The molecule has 6 heteroatoms.